The molecule has 0 aliphatic carbocycles. The summed E-state index contributed by atoms with van der Waals surface area (Å²) in [5, 5.41) is 0. The van der Waals surface area contributed by atoms with Gasteiger partial charge in [0.25, 0.3) is 0 Å². The zero-order valence-electron chi connectivity index (χ0n) is 43.9. The third-order valence-electron chi connectivity index (χ3n) is 10.8. The maximum atomic E-state index is 12.7. The van der Waals surface area contributed by atoms with Gasteiger partial charge in [-0.15, -0.1) is 0 Å². The van der Waals surface area contributed by atoms with Crippen molar-refractivity contribution < 1.29 is 37.6 Å². The van der Waals surface area contributed by atoms with Gasteiger partial charge >= 0.3 is 19.8 Å². The average Bonchev–Trinajstić information content (AvgIpc) is 3.35. The number of esters is 2. The molecule has 0 aromatic rings. The Labute approximate surface area is 427 Å². The molecule has 0 heterocycles. The molecule has 0 bridgehead atoms. The van der Waals surface area contributed by atoms with Crippen LogP contribution in [0.2, 0.25) is 0 Å². The largest absolute Gasteiger partial charge is 0.472 e. The second-order valence-electron chi connectivity index (χ2n) is 17.4. The Balaban J connectivity index is 4.12. The van der Waals surface area contributed by atoms with E-state index in [0.29, 0.717) is 12.8 Å². The summed E-state index contributed by atoms with van der Waals surface area (Å²) >= 11 is 0. The molecule has 0 aliphatic heterocycles. The van der Waals surface area contributed by atoms with E-state index in [4.69, 9.17) is 24.3 Å². The summed E-state index contributed by atoms with van der Waals surface area (Å²) in [4.78, 5) is 35.1. The molecule has 0 spiro atoms. The van der Waals surface area contributed by atoms with Crippen LogP contribution >= 0.6 is 7.82 Å². The van der Waals surface area contributed by atoms with E-state index >= 15 is 0 Å². The Hall–Kier alpha value is -3.85. The van der Waals surface area contributed by atoms with Gasteiger partial charge in [-0.25, -0.2) is 4.57 Å². The first kappa shape index (κ1) is 66.2. The van der Waals surface area contributed by atoms with Crippen molar-refractivity contribution in [2.45, 2.75) is 206 Å². The zero-order chi connectivity index (χ0) is 51.0. The summed E-state index contributed by atoms with van der Waals surface area (Å²) in [6, 6.07) is 0. The second kappa shape index (κ2) is 54.5. The van der Waals surface area contributed by atoms with Gasteiger partial charge in [0.2, 0.25) is 0 Å². The van der Waals surface area contributed by atoms with Gasteiger partial charge in [0.05, 0.1) is 13.2 Å². The van der Waals surface area contributed by atoms with E-state index in [9.17, 15) is 19.0 Å². The molecule has 0 fully saturated rings. The number of carbonyl (C=O) groups excluding carboxylic acids is 2. The lowest BCUT2D eigenvalue weighted by Gasteiger charge is -2.19. The molecule has 2 unspecified atom stereocenters. The number of nitrogens with two attached hydrogens (primary N) is 1. The predicted molar refractivity (Wildman–Crippen MR) is 297 cm³/mol. The van der Waals surface area contributed by atoms with Crippen molar-refractivity contribution in [3.05, 3.63) is 134 Å². The summed E-state index contributed by atoms with van der Waals surface area (Å²) in [5.74, 6) is -0.877. The minimum atomic E-state index is -4.40. The van der Waals surface area contributed by atoms with Crippen LogP contribution in [0.25, 0.3) is 0 Å². The van der Waals surface area contributed by atoms with E-state index < -0.39 is 32.5 Å². The van der Waals surface area contributed by atoms with Gasteiger partial charge in [0.1, 0.15) is 6.61 Å². The van der Waals surface area contributed by atoms with Crippen LogP contribution in [0, 0.1) is 0 Å². The van der Waals surface area contributed by atoms with Crippen molar-refractivity contribution in [3.8, 4) is 0 Å². The number of hydrogen-bond acceptors (Lipinski definition) is 8. The van der Waals surface area contributed by atoms with Crippen molar-refractivity contribution in [2.75, 3.05) is 26.4 Å². The minimum Gasteiger partial charge on any atom is -0.462 e. The summed E-state index contributed by atoms with van der Waals surface area (Å²) in [6.45, 7) is 3.55. The van der Waals surface area contributed by atoms with Gasteiger partial charge in [-0.1, -0.05) is 205 Å². The standard InChI is InChI=1S/C60H98NO8P/c1-3-5-7-9-11-13-15-17-19-21-22-23-24-25-26-27-28-29-30-31-32-33-34-35-36-37-39-41-43-45-47-49-51-53-60(63)69-58(57-68-70(64,65)67-55-54-61)56-66-59(62)52-50-48-46-44-42-40-38-20-18-16-14-12-10-8-6-4-2/h5,7,11,13-14,16-17,19-20,22-23,25-26,28-29,31-32,34-35,37-39,58H,3-4,6,8-10,12,15,18,21,24,27,30,33,36,40-57,61H2,1-2H3,(H,64,65)/b7-5-,13-11-,16-14-,19-17-,23-22-,26-25-,29-28-,32-31-,35-34-,38-20-,39-37-. The Morgan fingerprint density at radius 2 is 0.786 bits per heavy atom. The number of allylic oxidation sites excluding steroid dienone is 22. The Kier molecular flexibility index (Phi) is 51.5. The molecule has 10 heteroatoms. The molecule has 0 aromatic heterocycles. The van der Waals surface area contributed by atoms with Gasteiger partial charge in [0, 0.05) is 19.4 Å². The predicted octanol–water partition coefficient (Wildman–Crippen LogP) is 17.0. The maximum absolute atomic E-state index is 12.7. The highest BCUT2D eigenvalue weighted by Crippen LogP contribution is 2.43. The zero-order valence-corrected chi connectivity index (χ0v) is 44.8. The summed E-state index contributed by atoms with van der Waals surface area (Å²) in [7, 11) is -4.40. The maximum Gasteiger partial charge on any atom is 0.472 e. The molecule has 3 N–H and O–H groups in total. The molecule has 0 saturated carbocycles. The fraction of sp³-hybridized carbons (Fsp3) is 0.600. The number of hydrogen-bond donors (Lipinski definition) is 2. The average molecular weight is 992 g/mol. The number of phosphoric ester groups is 1. The van der Waals surface area contributed by atoms with Crippen molar-refractivity contribution in [1.29, 1.82) is 0 Å². The van der Waals surface area contributed by atoms with Crippen LogP contribution in [0.15, 0.2) is 134 Å². The SMILES string of the molecule is CC/C=C\C/C=C\C/C=C\C/C=C\C/C=C\C/C=C\C/C=C\C/C=C\C/C=C\CCCCCCCC(=O)OC(COC(=O)CCCCCCC/C=C\C/C=C\CCCCCC)COP(=O)(O)OCCN. The van der Waals surface area contributed by atoms with E-state index in [0.717, 1.165) is 128 Å². The monoisotopic (exact) mass is 992 g/mol. The Morgan fingerprint density at radius 3 is 1.17 bits per heavy atom. The van der Waals surface area contributed by atoms with Crippen LogP contribution in [-0.4, -0.2) is 49.3 Å². The first-order chi connectivity index (χ1) is 34.3. The fourth-order valence-corrected chi connectivity index (χ4v) is 7.54. The van der Waals surface area contributed by atoms with Crippen molar-refractivity contribution in [1.82, 2.24) is 0 Å². The molecular weight excluding hydrogens is 894 g/mol. The molecule has 0 radical (unpaired) electrons. The summed E-state index contributed by atoms with van der Waals surface area (Å²) in [5.41, 5.74) is 5.37. The van der Waals surface area contributed by atoms with Crippen LogP contribution in [0.5, 0.6) is 0 Å². The molecule has 70 heavy (non-hydrogen) atoms. The van der Waals surface area contributed by atoms with Crippen molar-refractivity contribution in [3.63, 3.8) is 0 Å². The van der Waals surface area contributed by atoms with Crippen LogP contribution in [0.3, 0.4) is 0 Å². The van der Waals surface area contributed by atoms with Gasteiger partial charge in [-0.3, -0.25) is 18.6 Å². The molecule has 0 aromatic carbocycles. The molecule has 0 saturated heterocycles. The highest BCUT2D eigenvalue weighted by Gasteiger charge is 2.26. The lowest BCUT2D eigenvalue weighted by atomic mass is 10.1. The number of rotatable bonds is 49. The molecule has 0 aliphatic rings. The van der Waals surface area contributed by atoms with E-state index in [1.54, 1.807) is 0 Å². The fourth-order valence-electron chi connectivity index (χ4n) is 6.77. The molecule has 0 amide bonds. The number of carbonyl (C=O) groups is 2. The molecule has 2 atom stereocenters. The van der Waals surface area contributed by atoms with Crippen molar-refractivity contribution in [2.24, 2.45) is 5.73 Å². The second-order valence-corrected chi connectivity index (χ2v) is 18.8. The highest BCUT2D eigenvalue weighted by molar-refractivity contribution is 7.47. The van der Waals surface area contributed by atoms with Crippen LogP contribution in [0.4, 0.5) is 0 Å². The minimum absolute atomic E-state index is 0.0404. The smallest absolute Gasteiger partial charge is 0.462 e. The number of unbranched alkanes of at least 4 members (excludes halogenated alkanes) is 14. The molecular formula is C60H98NO8P. The lowest BCUT2D eigenvalue weighted by molar-refractivity contribution is -0.161. The summed E-state index contributed by atoms with van der Waals surface area (Å²) < 4.78 is 32.9. The third-order valence-corrected chi connectivity index (χ3v) is 11.8. The van der Waals surface area contributed by atoms with Gasteiger partial charge in [-0.2, -0.15) is 0 Å². The number of phosphoric acid groups is 1. The van der Waals surface area contributed by atoms with Crippen LogP contribution in [-0.2, 0) is 32.7 Å². The van der Waals surface area contributed by atoms with Gasteiger partial charge in [0.15, 0.2) is 6.10 Å². The van der Waals surface area contributed by atoms with E-state index in [1.165, 1.54) is 32.1 Å². The van der Waals surface area contributed by atoms with Crippen molar-refractivity contribution >= 4 is 19.8 Å². The Morgan fingerprint density at radius 1 is 0.443 bits per heavy atom. The highest BCUT2D eigenvalue weighted by atomic mass is 31.2. The third kappa shape index (κ3) is 53.5. The topological polar surface area (TPSA) is 134 Å². The first-order valence-corrected chi connectivity index (χ1v) is 28.7. The normalized spacial score (nSPS) is 14.2. The van der Waals surface area contributed by atoms with Crippen LogP contribution < -0.4 is 5.73 Å². The van der Waals surface area contributed by atoms with E-state index in [2.05, 4.69) is 148 Å². The molecule has 9 nitrogen and oxygen atoms in total. The van der Waals surface area contributed by atoms with E-state index in [1.807, 2.05) is 0 Å². The summed E-state index contributed by atoms with van der Waals surface area (Å²) in [6.07, 6.45) is 76.4. The lowest BCUT2D eigenvalue weighted by Crippen LogP contribution is -2.29. The van der Waals surface area contributed by atoms with Gasteiger partial charge < -0.3 is 20.1 Å². The van der Waals surface area contributed by atoms with E-state index in [-0.39, 0.29) is 32.6 Å². The molecule has 396 valence electrons. The molecule has 0 rings (SSSR count). The number of ether oxygens (including phenoxy) is 2. The Bertz CT molecular complexity index is 1600. The van der Waals surface area contributed by atoms with Gasteiger partial charge in [-0.05, 0) is 116 Å². The first-order valence-electron chi connectivity index (χ1n) is 27.2. The quantitative estimate of drug-likeness (QED) is 0.0264. The van der Waals surface area contributed by atoms with Crippen LogP contribution in [0.1, 0.15) is 200 Å².